The van der Waals surface area contributed by atoms with Crippen LogP contribution in [0.2, 0.25) is 0 Å². The highest BCUT2D eigenvalue weighted by molar-refractivity contribution is 5.09. The fourth-order valence-corrected chi connectivity index (χ4v) is 4.28. The Morgan fingerprint density at radius 1 is 1.21 bits per heavy atom. The Morgan fingerprint density at radius 2 is 1.79 bits per heavy atom. The highest BCUT2D eigenvalue weighted by atomic mass is 16.3. The van der Waals surface area contributed by atoms with Gasteiger partial charge in [-0.2, -0.15) is 0 Å². The van der Waals surface area contributed by atoms with E-state index in [2.05, 4.69) is 53.7 Å². The van der Waals surface area contributed by atoms with Crippen LogP contribution in [0.4, 0.5) is 0 Å². The molecule has 1 heteroatoms. The van der Waals surface area contributed by atoms with Crippen molar-refractivity contribution in [1.29, 1.82) is 0 Å². The van der Waals surface area contributed by atoms with Crippen molar-refractivity contribution in [3.05, 3.63) is 12.2 Å². The van der Waals surface area contributed by atoms with Gasteiger partial charge in [-0.3, -0.25) is 0 Å². The van der Waals surface area contributed by atoms with Crippen LogP contribution < -0.4 is 0 Å². The highest BCUT2D eigenvalue weighted by Gasteiger charge is 2.50. The maximum atomic E-state index is 10.9. The molecule has 0 heterocycles. The molecule has 1 aliphatic rings. The fourth-order valence-electron chi connectivity index (χ4n) is 4.28. The van der Waals surface area contributed by atoms with Gasteiger partial charge in [-0.05, 0) is 55.3 Å². The van der Waals surface area contributed by atoms with E-state index in [4.69, 9.17) is 0 Å². The zero-order chi connectivity index (χ0) is 14.8. The molecule has 0 aromatic heterocycles. The molecule has 19 heavy (non-hydrogen) atoms. The summed E-state index contributed by atoms with van der Waals surface area (Å²) in [4.78, 5) is 0. The maximum Gasteiger partial charge on any atom is 0.0832 e. The molecule has 1 aliphatic carbocycles. The van der Waals surface area contributed by atoms with Crippen molar-refractivity contribution in [2.45, 2.75) is 73.3 Å². The lowest BCUT2D eigenvalue weighted by Crippen LogP contribution is -2.41. The summed E-state index contributed by atoms with van der Waals surface area (Å²) in [7, 11) is 0. The first-order valence-corrected chi connectivity index (χ1v) is 7.99. The van der Waals surface area contributed by atoms with Gasteiger partial charge in [-0.15, -0.1) is 0 Å². The first kappa shape index (κ1) is 16.8. The van der Waals surface area contributed by atoms with Gasteiger partial charge in [-0.25, -0.2) is 0 Å². The van der Waals surface area contributed by atoms with Gasteiger partial charge in [-0.1, -0.05) is 53.7 Å². The molecule has 0 amide bonds. The minimum absolute atomic E-state index is 0.222. The lowest BCUT2D eigenvalue weighted by atomic mass is 9.66. The standard InChI is InChI=1S/C18H34O/c1-13(2)9-8-12-18(7,19)16-11-10-15(14(3)4)17(16,5)6/h8,12-16,19H,9-11H2,1-7H3/b12-8+/t15-,16-,18-/m0/s1. The van der Waals surface area contributed by atoms with Crippen LogP contribution in [0.5, 0.6) is 0 Å². The van der Waals surface area contributed by atoms with Gasteiger partial charge in [0.15, 0.2) is 0 Å². The Hall–Kier alpha value is -0.300. The Morgan fingerprint density at radius 3 is 2.21 bits per heavy atom. The number of allylic oxidation sites excluding steroid dienone is 1. The van der Waals surface area contributed by atoms with Crippen LogP contribution in [-0.2, 0) is 0 Å². The van der Waals surface area contributed by atoms with E-state index in [9.17, 15) is 5.11 Å². The van der Waals surface area contributed by atoms with Crippen molar-refractivity contribution >= 4 is 0 Å². The second kappa shape index (κ2) is 5.99. The number of hydrogen-bond acceptors (Lipinski definition) is 1. The van der Waals surface area contributed by atoms with Crippen LogP contribution in [0.3, 0.4) is 0 Å². The smallest absolute Gasteiger partial charge is 0.0832 e. The molecule has 3 atom stereocenters. The van der Waals surface area contributed by atoms with Crippen molar-refractivity contribution in [3.8, 4) is 0 Å². The molecule has 0 bridgehead atoms. The topological polar surface area (TPSA) is 20.2 Å². The second-order valence-corrected chi connectivity index (χ2v) is 8.06. The lowest BCUT2D eigenvalue weighted by molar-refractivity contribution is -0.0165. The summed E-state index contributed by atoms with van der Waals surface area (Å²) in [5.74, 6) is 2.46. The summed E-state index contributed by atoms with van der Waals surface area (Å²) in [5, 5.41) is 10.9. The van der Waals surface area contributed by atoms with Crippen LogP contribution in [0, 0.1) is 29.1 Å². The van der Waals surface area contributed by atoms with Gasteiger partial charge in [0, 0.05) is 0 Å². The minimum atomic E-state index is -0.665. The molecule has 112 valence electrons. The van der Waals surface area contributed by atoms with Crippen LogP contribution >= 0.6 is 0 Å². The lowest BCUT2D eigenvalue weighted by Gasteiger charge is -2.41. The molecule has 0 aromatic rings. The molecule has 1 N–H and O–H groups in total. The monoisotopic (exact) mass is 266 g/mol. The van der Waals surface area contributed by atoms with Gasteiger partial charge in [0.1, 0.15) is 0 Å². The molecule has 0 unspecified atom stereocenters. The molecular weight excluding hydrogens is 232 g/mol. The third kappa shape index (κ3) is 3.84. The molecule has 0 saturated heterocycles. The molecule has 0 aromatic carbocycles. The molecule has 0 spiro atoms. The van der Waals surface area contributed by atoms with Crippen LogP contribution in [0.1, 0.15) is 67.7 Å². The summed E-state index contributed by atoms with van der Waals surface area (Å²) in [6.07, 6.45) is 7.68. The third-order valence-electron chi connectivity index (χ3n) is 5.19. The van der Waals surface area contributed by atoms with Crippen LogP contribution in [0.25, 0.3) is 0 Å². The van der Waals surface area contributed by atoms with Crippen LogP contribution in [-0.4, -0.2) is 10.7 Å². The van der Waals surface area contributed by atoms with E-state index in [1.165, 1.54) is 6.42 Å². The summed E-state index contributed by atoms with van der Waals surface area (Å²) >= 11 is 0. The summed E-state index contributed by atoms with van der Waals surface area (Å²) in [6, 6.07) is 0. The number of rotatable bonds is 5. The number of aliphatic hydroxyl groups is 1. The van der Waals surface area contributed by atoms with E-state index in [0.717, 1.165) is 18.8 Å². The molecule has 1 nitrogen and oxygen atoms in total. The van der Waals surface area contributed by atoms with Crippen LogP contribution in [0.15, 0.2) is 12.2 Å². The highest BCUT2D eigenvalue weighted by Crippen LogP contribution is 2.54. The normalized spacial score (nSPS) is 30.4. The maximum absolute atomic E-state index is 10.9. The first-order valence-electron chi connectivity index (χ1n) is 7.99. The average molecular weight is 266 g/mol. The zero-order valence-electron chi connectivity index (χ0n) is 14.0. The second-order valence-electron chi connectivity index (χ2n) is 8.06. The van der Waals surface area contributed by atoms with Gasteiger partial charge in [0.2, 0.25) is 0 Å². The van der Waals surface area contributed by atoms with E-state index in [0.29, 0.717) is 17.8 Å². The molecule has 1 rings (SSSR count). The predicted octanol–water partition coefficient (Wildman–Crippen LogP) is 5.05. The largest absolute Gasteiger partial charge is 0.386 e. The summed E-state index contributed by atoms with van der Waals surface area (Å²) < 4.78 is 0. The van der Waals surface area contributed by atoms with Gasteiger partial charge >= 0.3 is 0 Å². The van der Waals surface area contributed by atoms with Gasteiger partial charge < -0.3 is 5.11 Å². The molecular formula is C18H34O. The Labute approximate surface area is 120 Å². The Balaban J connectivity index is 2.82. The number of hydrogen-bond donors (Lipinski definition) is 1. The van der Waals surface area contributed by atoms with Crippen molar-refractivity contribution in [3.63, 3.8) is 0 Å². The van der Waals surface area contributed by atoms with Crippen molar-refractivity contribution in [1.82, 2.24) is 0 Å². The van der Waals surface area contributed by atoms with E-state index >= 15 is 0 Å². The molecule has 1 fully saturated rings. The van der Waals surface area contributed by atoms with Crippen molar-refractivity contribution in [2.24, 2.45) is 29.1 Å². The Kier molecular flexibility index (Phi) is 5.28. The quantitative estimate of drug-likeness (QED) is 0.691. The van der Waals surface area contributed by atoms with Gasteiger partial charge in [0.25, 0.3) is 0 Å². The van der Waals surface area contributed by atoms with E-state index in [-0.39, 0.29) is 5.41 Å². The van der Waals surface area contributed by atoms with Gasteiger partial charge in [0.05, 0.1) is 5.60 Å². The summed E-state index contributed by atoms with van der Waals surface area (Å²) in [6.45, 7) is 15.8. The van der Waals surface area contributed by atoms with Crippen molar-refractivity contribution in [2.75, 3.05) is 0 Å². The summed E-state index contributed by atoms with van der Waals surface area (Å²) in [5.41, 5.74) is -0.443. The first-order chi connectivity index (χ1) is 8.59. The fraction of sp³-hybridized carbons (Fsp3) is 0.889. The van der Waals surface area contributed by atoms with Crippen molar-refractivity contribution < 1.29 is 5.11 Å². The predicted molar refractivity (Wildman–Crippen MR) is 84.1 cm³/mol. The minimum Gasteiger partial charge on any atom is -0.386 e. The molecule has 1 saturated carbocycles. The zero-order valence-corrected chi connectivity index (χ0v) is 14.0. The molecule has 0 aliphatic heterocycles. The van der Waals surface area contributed by atoms with E-state index in [1.807, 2.05) is 6.92 Å². The average Bonchev–Trinajstić information content (AvgIpc) is 2.53. The van der Waals surface area contributed by atoms with E-state index in [1.54, 1.807) is 0 Å². The van der Waals surface area contributed by atoms with E-state index < -0.39 is 5.60 Å². The Bertz CT molecular complexity index is 310. The SMILES string of the molecule is CC(C)C/C=C/[C@](C)(O)[C@H]1CC[C@@H](C(C)C)C1(C)C. The third-order valence-corrected chi connectivity index (χ3v) is 5.19. The molecule has 0 radical (unpaired) electrons.